The summed E-state index contributed by atoms with van der Waals surface area (Å²) in [5, 5.41) is 28.5. The van der Waals surface area contributed by atoms with Gasteiger partial charge >= 0.3 is 0 Å². The zero-order valence-corrected chi connectivity index (χ0v) is 26.8. The number of aliphatic imine (C=N–C) groups is 2. The standard InChI is InChI=1S/C34H45N9O3/c1-4-32(45)37-30-21-27(42-13-11-26(12-14-42)43-17-15-41(16-18-43)19-20-44)9-10-28(30)39-34-36-23-25(22-35)33(40-34)38-29-7-5-6-8-31(29)46-24(2)3/h4-10,21,24-26,44H,1,11-20,23H2,2-3H3,(H,37,45)(H2,36,38,39,40). The van der Waals surface area contributed by atoms with Crippen molar-refractivity contribution >= 4 is 40.5 Å². The van der Waals surface area contributed by atoms with E-state index in [2.05, 4.69) is 53.3 Å². The summed E-state index contributed by atoms with van der Waals surface area (Å²) in [6, 6.07) is 16.3. The summed E-state index contributed by atoms with van der Waals surface area (Å²) < 4.78 is 5.94. The maximum absolute atomic E-state index is 12.4. The molecule has 0 bridgehead atoms. The van der Waals surface area contributed by atoms with Crippen molar-refractivity contribution < 1.29 is 14.6 Å². The molecule has 1 amide bonds. The predicted octanol–water partition coefficient (Wildman–Crippen LogP) is 3.61. The molecule has 12 heteroatoms. The van der Waals surface area contributed by atoms with Crippen LogP contribution in [0.3, 0.4) is 0 Å². The molecule has 3 aliphatic rings. The Hall–Kier alpha value is -4.44. The monoisotopic (exact) mass is 627 g/mol. The van der Waals surface area contributed by atoms with Gasteiger partial charge in [0.2, 0.25) is 11.9 Å². The fraction of sp³-hybridized carbons (Fsp3) is 0.471. The minimum atomic E-state index is -0.549. The van der Waals surface area contributed by atoms with Crippen molar-refractivity contribution in [2.45, 2.75) is 38.8 Å². The largest absolute Gasteiger partial charge is 0.489 e. The molecule has 1 atom stereocenters. The van der Waals surface area contributed by atoms with Crippen molar-refractivity contribution in [2.24, 2.45) is 15.9 Å². The van der Waals surface area contributed by atoms with Gasteiger partial charge in [0.25, 0.3) is 0 Å². The number of benzene rings is 2. The molecule has 2 fully saturated rings. The normalized spacial score (nSPS) is 19.5. The third-order valence-corrected chi connectivity index (χ3v) is 8.51. The molecule has 0 aliphatic carbocycles. The maximum atomic E-state index is 12.4. The number of hydrogen-bond acceptors (Lipinski definition) is 11. The first kappa shape index (κ1) is 32.9. The van der Waals surface area contributed by atoms with Gasteiger partial charge in [0.1, 0.15) is 17.5 Å². The number of hydrogen-bond donors (Lipinski definition) is 4. The number of amides is 1. The quantitative estimate of drug-likeness (QED) is 0.291. The first-order valence-corrected chi connectivity index (χ1v) is 16.1. The molecule has 2 aromatic rings. The number of aliphatic hydroxyl groups excluding tert-OH is 1. The minimum absolute atomic E-state index is 0.0145. The van der Waals surface area contributed by atoms with E-state index in [0.717, 1.165) is 64.3 Å². The van der Waals surface area contributed by atoms with E-state index >= 15 is 0 Å². The van der Waals surface area contributed by atoms with Gasteiger partial charge in [0.15, 0.2) is 0 Å². The van der Waals surface area contributed by atoms with Crippen LogP contribution < -0.4 is 25.6 Å². The number of rotatable bonds is 10. The molecule has 4 N–H and O–H groups in total. The lowest BCUT2D eigenvalue weighted by Gasteiger charge is -2.43. The Morgan fingerprint density at radius 1 is 1.09 bits per heavy atom. The highest BCUT2D eigenvalue weighted by Gasteiger charge is 2.28. The van der Waals surface area contributed by atoms with Crippen LogP contribution in [0.2, 0.25) is 0 Å². The van der Waals surface area contributed by atoms with Crippen LogP contribution in [-0.4, -0.2) is 104 Å². The number of β-amino-alcohol motifs (C(OH)–C–C–N with tert-alkyl or cyclic N) is 1. The first-order chi connectivity index (χ1) is 22.4. The molecule has 3 aliphatic heterocycles. The van der Waals surface area contributed by atoms with Crippen LogP contribution in [0.25, 0.3) is 0 Å². The number of anilines is 4. The number of piperazine rings is 1. The van der Waals surface area contributed by atoms with E-state index in [9.17, 15) is 15.2 Å². The van der Waals surface area contributed by atoms with Crippen LogP contribution in [0.5, 0.6) is 5.75 Å². The first-order valence-electron chi connectivity index (χ1n) is 16.1. The Labute approximate surface area is 271 Å². The summed E-state index contributed by atoms with van der Waals surface area (Å²) in [5.74, 6) is 0.599. The van der Waals surface area contributed by atoms with Gasteiger partial charge in [-0.15, -0.1) is 0 Å². The summed E-state index contributed by atoms with van der Waals surface area (Å²) in [4.78, 5) is 28.9. The molecular formula is C34H45N9O3. The average molecular weight is 628 g/mol. The van der Waals surface area contributed by atoms with Gasteiger partial charge in [-0.1, -0.05) is 18.7 Å². The number of nitrogens with zero attached hydrogens (tertiary/aromatic N) is 6. The predicted molar refractivity (Wildman–Crippen MR) is 184 cm³/mol. The molecule has 5 rings (SSSR count). The SMILES string of the molecule is C=CC(=O)Nc1cc(N2CCC(N3CCN(CCO)CC3)CC2)ccc1NC1=NCC(C#N)C(Nc2ccccc2OC(C)C)=N1. The number of carbonyl (C=O) groups is 1. The summed E-state index contributed by atoms with van der Waals surface area (Å²) in [6.45, 7) is 14.7. The summed E-state index contributed by atoms with van der Waals surface area (Å²) in [5.41, 5.74) is 2.97. The average Bonchev–Trinajstić information content (AvgIpc) is 3.07. The highest BCUT2D eigenvalue weighted by atomic mass is 16.5. The maximum Gasteiger partial charge on any atom is 0.247 e. The van der Waals surface area contributed by atoms with Crippen LogP contribution in [0.15, 0.2) is 65.1 Å². The molecule has 12 nitrogen and oxygen atoms in total. The third-order valence-electron chi connectivity index (χ3n) is 8.51. The zero-order valence-electron chi connectivity index (χ0n) is 26.8. The Balaban J connectivity index is 1.28. The van der Waals surface area contributed by atoms with E-state index in [1.165, 1.54) is 6.08 Å². The second-order valence-electron chi connectivity index (χ2n) is 12.0. The molecule has 0 saturated carbocycles. The number of nitriles is 1. The topological polar surface area (TPSA) is 141 Å². The summed E-state index contributed by atoms with van der Waals surface area (Å²) in [6.07, 6.45) is 3.37. The number of ether oxygens (including phenoxy) is 1. The number of aliphatic hydroxyl groups is 1. The van der Waals surface area contributed by atoms with E-state index in [1.807, 2.05) is 56.3 Å². The molecule has 0 radical (unpaired) electrons. The number of piperidine rings is 1. The molecule has 0 spiro atoms. The zero-order chi connectivity index (χ0) is 32.5. The van der Waals surface area contributed by atoms with Gasteiger partial charge in [0.05, 0.1) is 42.4 Å². The van der Waals surface area contributed by atoms with Crippen LogP contribution in [0, 0.1) is 17.2 Å². The Kier molecular flexibility index (Phi) is 11.3. The number of carbonyl (C=O) groups excluding carboxylic acids is 1. The molecule has 244 valence electrons. The van der Waals surface area contributed by atoms with Crippen LogP contribution in [0.4, 0.5) is 22.7 Å². The van der Waals surface area contributed by atoms with Gasteiger partial charge in [-0.25, -0.2) is 4.99 Å². The van der Waals surface area contributed by atoms with Gasteiger partial charge < -0.3 is 30.7 Å². The van der Waals surface area contributed by atoms with Crippen LogP contribution >= 0.6 is 0 Å². The van der Waals surface area contributed by atoms with E-state index < -0.39 is 5.92 Å². The second-order valence-corrected chi connectivity index (χ2v) is 12.0. The van der Waals surface area contributed by atoms with E-state index in [0.29, 0.717) is 40.6 Å². The molecule has 3 heterocycles. The number of nitrogens with one attached hydrogen (secondary N) is 3. The van der Waals surface area contributed by atoms with Crippen molar-refractivity contribution in [3.05, 3.63) is 55.1 Å². The van der Waals surface area contributed by atoms with Gasteiger partial charge in [-0.3, -0.25) is 14.6 Å². The molecule has 46 heavy (non-hydrogen) atoms. The lowest BCUT2D eigenvalue weighted by molar-refractivity contribution is -0.111. The molecule has 1 unspecified atom stereocenters. The lowest BCUT2D eigenvalue weighted by Crippen LogP contribution is -2.53. The van der Waals surface area contributed by atoms with Crippen molar-refractivity contribution in [2.75, 3.05) is 79.8 Å². The Bertz CT molecular complexity index is 1470. The number of para-hydroxylation sites is 2. The van der Waals surface area contributed by atoms with E-state index in [-0.39, 0.29) is 25.2 Å². The smallest absolute Gasteiger partial charge is 0.247 e. The highest BCUT2D eigenvalue weighted by molar-refractivity contribution is 6.12. The lowest BCUT2D eigenvalue weighted by atomic mass is 10.0. The number of amidine groups is 1. The van der Waals surface area contributed by atoms with Crippen LogP contribution in [0.1, 0.15) is 26.7 Å². The fourth-order valence-electron chi connectivity index (χ4n) is 6.07. The molecule has 2 aromatic carbocycles. The van der Waals surface area contributed by atoms with Crippen molar-refractivity contribution in [1.82, 2.24) is 9.80 Å². The second kappa shape index (κ2) is 15.7. The van der Waals surface area contributed by atoms with E-state index in [1.54, 1.807) is 0 Å². The van der Waals surface area contributed by atoms with Gasteiger partial charge in [0, 0.05) is 57.5 Å². The van der Waals surface area contributed by atoms with Crippen molar-refractivity contribution in [1.29, 1.82) is 5.26 Å². The summed E-state index contributed by atoms with van der Waals surface area (Å²) in [7, 11) is 0. The fourth-order valence-corrected chi connectivity index (χ4v) is 6.07. The highest BCUT2D eigenvalue weighted by Crippen LogP contribution is 2.32. The third kappa shape index (κ3) is 8.42. The molecule has 0 aromatic heterocycles. The minimum Gasteiger partial charge on any atom is -0.489 e. The molecule has 2 saturated heterocycles. The Morgan fingerprint density at radius 2 is 1.85 bits per heavy atom. The number of guanidine groups is 1. The van der Waals surface area contributed by atoms with Gasteiger partial charge in [-0.05, 0) is 63.1 Å². The van der Waals surface area contributed by atoms with Crippen molar-refractivity contribution in [3.8, 4) is 11.8 Å². The summed E-state index contributed by atoms with van der Waals surface area (Å²) >= 11 is 0. The van der Waals surface area contributed by atoms with Gasteiger partial charge in [-0.2, -0.15) is 10.3 Å². The van der Waals surface area contributed by atoms with Crippen LogP contribution in [-0.2, 0) is 4.79 Å². The Morgan fingerprint density at radius 3 is 2.54 bits per heavy atom. The molecular weight excluding hydrogens is 582 g/mol. The van der Waals surface area contributed by atoms with E-state index in [4.69, 9.17) is 4.74 Å². The van der Waals surface area contributed by atoms with Crippen molar-refractivity contribution in [3.63, 3.8) is 0 Å².